The van der Waals surface area contributed by atoms with Crippen LogP contribution in [0.1, 0.15) is 6.92 Å². The second kappa shape index (κ2) is 10.7. The summed E-state index contributed by atoms with van der Waals surface area (Å²) in [5, 5.41) is 15.8. The molecular formula is C18H17ClN4O8S. The van der Waals surface area contributed by atoms with Crippen molar-refractivity contribution in [3.63, 3.8) is 0 Å². The number of nitro groups is 1. The van der Waals surface area contributed by atoms with Crippen molar-refractivity contribution in [3.05, 3.63) is 57.6 Å². The van der Waals surface area contributed by atoms with E-state index < -0.39 is 45.7 Å². The predicted octanol–water partition coefficient (Wildman–Crippen LogP) is 1.67. The van der Waals surface area contributed by atoms with Gasteiger partial charge in [0.2, 0.25) is 15.9 Å². The third-order valence-electron chi connectivity index (χ3n) is 3.69. The SMILES string of the molecule is CC(=O)Nc1ccc(S(=O)(=O)NCC(=O)OCC(=O)Nc2cc(Cl)ccc2[N+](=O)[O-])cc1. The summed E-state index contributed by atoms with van der Waals surface area (Å²) in [5.41, 5.74) is -0.208. The number of ether oxygens (including phenoxy) is 1. The van der Waals surface area contributed by atoms with Gasteiger partial charge in [-0.1, -0.05) is 11.6 Å². The molecule has 0 bridgehead atoms. The fourth-order valence-electron chi connectivity index (χ4n) is 2.31. The average Bonchev–Trinajstić information content (AvgIpc) is 2.70. The molecule has 0 saturated carbocycles. The maximum atomic E-state index is 12.2. The normalized spacial score (nSPS) is 10.8. The van der Waals surface area contributed by atoms with E-state index in [1.807, 2.05) is 4.72 Å². The Labute approximate surface area is 187 Å². The van der Waals surface area contributed by atoms with Crippen LogP contribution in [0.3, 0.4) is 0 Å². The fraction of sp³-hybridized carbons (Fsp3) is 0.167. The fourth-order valence-corrected chi connectivity index (χ4v) is 3.45. The number of sulfonamides is 1. The lowest BCUT2D eigenvalue weighted by atomic mass is 10.2. The standard InChI is InChI=1S/C18H17ClN4O8S/c1-11(24)21-13-3-5-14(6-4-13)32(29,30)20-9-18(26)31-10-17(25)22-15-8-12(19)2-7-16(15)23(27)28/h2-8,20H,9-10H2,1H3,(H,21,24)(H,22,25). The molecule has 2 aromatic carbocycles. The van der Waals surface area contributed by atoms with Crippen molar-refractivity contribution < 1.29 is 32.5 Å². The van der Waals surface area contributed by atoms with Crippen LogP contribution in [0.15, 0.2) is 47.4 Å². The van der Waals surface area contributed by atoms with Crippen LogP contribution in [0.4, 0.5) is 17.1 Å². The maximum Gasteiger partial charge on any atom is 0.321 e. The Morgan fingerprint density at radius 2 is 1.75 bits per heavy atom. The lowest BCUT2D eigenvalue weighted by Gasteiger charge is -2.09. The van der Waals surface area contributed by atoms with Crippen LogP contribution in [0.2, 0.25) is 5.02 Å². The summed E-state index contributed by atoms with van der Waals surface area (Å²) in [6.45, 7) is -0.273. The second-order valence-electron chi connectivity index (χ2n) is 6.16. The number of carbonyl (C=O) groups is 3. The van der Waals surface area contributed by atoms with Gasteiger partial charge in [-0.05, 0) is 36.4 Å². The van der Waals surface area contributed by atoms with Crippen molar-refractivity contribution in [3.8, 4) is 0 Å². The minimum Gasteiger partial charge on any atom is -0.455 e. The molecule has 0 aliphatic heterocycles. The van der Waals surface area contributed by atoms with Crippen LogP contribution < -0.4 is 15.4 Å². The minimum atomic E-state index is -4.06. The van der Waals surface area contributed by atoms with Gasteiger partial charge < -0.3 is 15.4 Å². The first-order valence-corrected chi connectivity index (χ1v) is 10.6. The van der Waals surface area contributed by atoms with Crippen LogP contribution in [-0.2, 0) is 29.1 Å². The molecule has 12 nitrogen and oxygen atoms in total. The molecular weight excluding hydrogens is 468 g/mol. The van der Waals surface area contributed by atoms with Gasteiger partial charge in [0.1, 0.15) is 12.2 Å². The summed E-state index contributed by atoms with van der Waals surface area (Å²) in [5.74, 6) is -2.27. The summed E-state index contributed by atoms with van der Waals surface area (Å²) in [6, 6.07) is 8.72. The molecule has 0 heterocycles. The van der Waals surface area contributed by atoms with E-state index in [1.54, 1.807) is 0 Å². The van der Waals surface area contributed by atoms with E-state index in [1.165, 1.54) is 37.3 Å². The number of hydrogen-bond donors (Lipinski definition) is 3. The largest absolute Gasteiger partial charge is 0.455 e. The highest BCUT2D eigenvalue weighted by atomic mass is 35.5. The molecule has 0 saturated heterocycles. The molecule has 0 aliphatic rings. The first kappa shape index (κ1) is 24.7. The van der Waals surface area contributed by atoms with Gasteiger partial charge in [-0.25, -0.2) is 8.42 Å². The number of halogens is 1. The summed E-state index contributed by atoms with van der Waals surface area (Å²) < 4.78 is 31.1. The third kappa shape index (κ3) is 7.30. The zero-order valence-corrected chi connectivity index (χ0v) is 18.0. The molecule has 32 heavy (non-hydrogen) atoms. The molecule has 0 unspecified atom stereocenters. The van der Waals surface area contributed by atoms with Gasteiger partial charge in [0.15, 0.2) is 6.61 Å². The van der Waals surface area contributed by atoms with Crippen LogP contribution in [0.5, 0.6) is 0 Å². The van der Waals surface area contributed by atoms with Crippen LogP contribution in [-0.4, -0.2) is 44.3 Å². The van der Waals surface area contributed by atoms with E-state index >= 15 is 0 Å². The predicted molar refractivity (Wildman–Crippen MR) is 114 cm³/mol. The number of anilines is 2. The first-order chi connectivity index (χ1) is 15.0. The Bertz CT molecular complexity index is 1150. The summed E-state index contributed by atoms with van der Waals surface area (Å²) in [6.07, 6.45) is 0. The quantitative estimate of drug-likeness (QED) is 0.273. The topological polar surface area (TPSA) is 174 Å². The van der Waals surface area contributed by atoms with Gasteiger partial charge in [0.05, 0.1) is 9.82 Å². The molecule has 0 aliphatic carbocycles. The number of benzene rings is 2. The molecule has 0 fully saturated rings. The first-order valence-electron chi connectivity index (χ1n) is 8.74. The molecule has 0 spiro atoms. The smallest absolute Gasteiger partial charge is 0.321 e. The van der Waals surface area contributed by atoms with E-state index in [0.29, 0.717) is 5.69 Å². The Morgan fingerprint density at radius 3 is 2.34 bits per heavy atom. The Hall–Kier alpha value is -3.55. The second-order valence-corrected chi connectivity index (χ2v) is 8.36. The summed E-state index contributed by atoms with van der Waals surface area (Å²) in [7, 11) is -4.06. The summed E-state index contributed by atoms with van der Waals surface area (Å²) >= 11 is 5.75. The van der Waals surface area contributed by atoms with Crippen LogP contribution in [0.25, 0.3) is 0 Å². The van der Waals surface area contributed by atoms with Crippen molar-refractivity contribution in [1.82, 2.24) is 4.72 Å². The molecule has 2 rings (SSSR count). The Kier molecular flexibility index (Phi) is 8.23. The van der Waals surface area contributed by atoms with Crippen molar-refractivity contribution in [2.45, 2.75) is 11.8 Å². The minimum absolute atomic E-state index is 0.141. The van der Waals surface area contributed by atoms with Gasteiger partial charge in [-0.15, -0.1) is 0 Å². The van der Waals surface area contributed by atoms with Crippen molar-refractivity contribution in [2.24, 2.45) is 0 Å². The molecule has 2 aromatic rings. The van der Waals surface area contributed by atoms with Crippen molar-refractivity contribution in [1.29, 1.82) is 0 Å². The molecule has 0 atom stereocenters. The van der Waals surface area contributed by atoms with Crippen LogP contribution in [0, 0.1) is 10.1 Å². The Morgan fingerprint density at radius 1 is 1.09 bits per heavy atom. The van der Waals surface area contributed by atoms with Crippen LogP contribution >= 0.6 is 11.6 Å². The van der Waals surface area contributed by atoms with Gasteiger partial charge in [-0.3, -0.25) is 24.5 Å². The monoisotopic (exact) mass is 484 g/mol. The molecule has 3 N–H and O–H groups in total. The highest BCUT2D eigenvalue weighted by Gasteiger charge is 2.19. The lowest BCUT2D eigenvalue weighted by Crippen LogP contribution is -2.32. The van der Waals surface area contributed by atoms with Crippen molar-refractivity contribution in [2.75, 3.05) is 23.8 Å². The van der Waals surface area contributed by atoms with Gasteiger partial charge in [0, 0.05) is 23.7 Å². The van der Waals surface area contributed by atoms with Gasteiger partial charge in [-0.2, -0.15) is 4.72 Å². The molecule has 2 amide bonds. The number of nitrogens with one attached hydrogen (secondary N) is 3. The number of nitrogens with zero attached hydrogens (tertiary/aromatic N) is 1. The van der Waals surface area contributed by atoms with Gasteiger partial charge >= 0.3 is 5.97 Å². The van der Waals surface area contributed by atoms with Gasteiger partial charge in [0.25, 0.3) is 11.6 Å². The molecule has 0 radical (unpaired) electrons. The zero-order valence-electron chi connectivity index (χ0n) is 16.5. The number of nitro benzene ring substituents is 1. The lowest BCUT2D eigenvalue weighted by molar-refractivity contribution is -0.383. The van der Waals surface area contributed by atoms with E-state index in [9.17, 15) is 32.9 Å². The number of amides is 2. The third-order valence-corrected chi connectivity index (χ3v) is 5.34. The molecule has 0 aromatic heterocycles. The number of esters is 1. The Balaban J connectivity index is 1.88. The summed E-state index contributed by atoms with van der Waals surface area (Å²) in [4.78, 5) is 44.8. The van der Waals surface area contributed by atoms with E-state index in [2.05, 4.69) is 15.4 Å². The number of carbonyl (C=O) groups excluding carboxylic acids is 3. The molecule has 14 heteroatoms. The molecule has 170 valence electrons. The van der Waals surface area contributed by atoms with E-state index in [0.717, 1.165) is 12.1 Å². The van der Waals surface area contributed by atoms with E-state index in [4.69, 9.17) is 11.6 Å². The maximum absolute atomic E-state index is 12.2. The highest BCUT2D eigenvalue weighted by molar-refractivity contribution is 7.89. The number of rotatable bonds is 9. The van der Waals surface area contributed by atoms with E-state index in [-0.39, 0.29) is 21.5 Å². The average molecular weight is 485 g/mol. The van der Waals surface area contributed by atoms with Crippen molar-refractivity contribution >= 4 is 56.5 Å². The highest BCUT2D eigenvalue weighted by Crippen LogP contribution is 2.27. The zero-order chi connectivity index (χ0) is 23.9. The number of hydrogen-bond acceptors (Lipinski definition) is 8.